The first kappa shape index (κ1) is 24.9. The number of halogens is 1. The molecule has 9 heteroatoms. The lowest BCUT2D eigenvalue weighted by molar-refractivity contribution is -0.124. The smallest absolute Gasteiger partial charge is 0.252 e. The number of nitrogens with zero attached hydrogens (tertiary/aromatic N) is 1. The first-order valence-corrected chi connectivity index (χ1v) is 11.9. The number of hydrogen-bond acceptors (Lipinski definition) is 4. The number of benzene rings is 2. The normalized spacial score (nSPS) is 13.3. The van der Waals surface area contributed by atoms with E-state index in [-0.39, 0.29) is 5.91 Å². The van der Waals surface area contributed by atoms with Crippen LogP contribution in [0.2, 0.25) is 0 Å². The molecule has 0 radical (unpaired) electrons. The molecular weight excluding hydrogens is 437 g/mol. The van der Waals surface area contributed by atoms with Crippen LogP contribution in [0.1, 0.15) is 31.1 Å². The minimum Gasteiger partial charge on any atom is -0.357 e. The quantitative estimate of drug-likeness (QED) is 0.613. The molecule has 2 atom stereocenters. The van der Waals surface area contributed by atoms with Gasteiger partial charge in [0.05, 0.1) is 10.6 Å². The maximum absolute atomic E-state index is 13.2. The third kappa shape index (κ3) is 6.07. The number of thioether (sulfide) groups is 1. The molecule has 2 N–H and O–H groups in total. The molecule has 0 aliphatic carbocycles. The summed E-state index contributed by atoms with van der Waals surface area (Å²) in [5.74, 6) is -1.09. The molecule has 0 heterocycles. The van der Waals surface area contributed by atoms with Crippen LogP contribution in [0.15, 0.2) is 52.3 Å². The highest BCUT2D eigenvalue weighted by molar-refractivity contribution is 7.98. The largest absolute Gasteiger partial charge is 0.357 e. The number of carbonyl (C=O) groups excluding carboxylic acids is 2. The minimum atomic E-state index is -1.60. The monoisotopic (exact) mass is 465 g/mol. The van der Waals surface area contributed by atoms with Gasteiger partial charge in [0, 0.05) is 24.6 Å². The Morgan fingerprint density at radius 2 is 1.74 bits per heavy atom. The summed E-state index contributed by atoms with van der Waals surface area (Å²) in [6, 6.07) is 9.81. The van der Waals surface area contributed by atoms with E-state index in [1.807, 2.05) is 27.0 Å². The Bertz CT molecular complexity index is 975. The predicted molar refractivity (Wildman–Crippen MR) is 124 cm³/mol. The maximum Gasteiger partial charge on any atom is 0.252 e. The number of carbonyl (C=O) groups is 2. The van der Waals surface area contributed by atoms with Crippen LogP contribution in [0.25, 0.3) is 0 Å². The van der Waals surface area contributed by atoms with Gasteiger partial charge >= 0.3 is 0 Å². The Morgan fingerprint density at radius 3 is 2.26 bits per heavy atom. The summed E-state index contributed by atoms with van der Waals surface area (Å²) in [5, 5.41) is 5.38. The van der Waals surface area contributed by atoms with E-state index >= 15 is 0 Å². The van der Waals surface area contributed by atoms with Gasteiger partial charge in [-0.05, 0) is 54.1 Å². The molecule has 2 aromatic rings. The van der Waals surface area contributed by atoms with Gasteiger partial charge in [0.2, 0.25) is 5.91 Å². The molecular formula is C22H28FN3O3S2. The van der Waals surface area contributed by atoms with E-state index < -0.39 is 34.2 Å². The molecule has 2 amide bonds. The summed E-state index contributed by atoms with van der Waals surface area (Å²) in [7, 11) is 1.58. The van der Waals surface area contributed by atoms with E-state index in [2.05, 4.69) is 10.6 Å². The van der Waals surface area contributed by atoms with Crippen LogP contribution in [-0.4, -0.2) is 42.4 Å². The lowest BCUT2D eigenvalue weighted by Gasteiger charge is -2.30. The number of hydrogen-bond donors (Lipinski definition) is 2. The van der Waals surface area contributed by atoms with Crippen molar-refractivity contribution in [1.29, 1.82) is 0 Å². The van der Waals surface area contributed by atoms with Crippen LogP contribution in [0.4, 0.5) is 10.1 Å². The Hall–Kier alpha value is -2.39. The summed E-state index contributed by atoms with van der Waals surface area (Å²) >= 11 is 1.45. The molecule has 2 rings (SSSR count). The lowest BCUT2D eigenvalue weighted by atomic mass is 9.86. The van der Waals surface area contributed by atoms with Crippen LogP contribution in [0.3, 0.4) is 0 Å². The zero-order valence-corrected chi connectivity index (χ0v) is 20.1. The molecule has 2 aromatic carbocycles. The van der Waals surface area contributed by atoms with E-state index in [1.165, 1.54) is 47.4 Å². The summed E-state index contributed by atoms with van der Waals surface area (Å²) in [4.78, 5) is 26.5. The molecule has 0 fully saturated rings. The van der Waals surface area contributed by atoms with E-state index in [4.69, 9.17) is 0 Å². The van der Waals surface area contributed by atoms with Crippen molar-refractivity contribution in [2.75, 3.05) is 24.7 Å². The number of likely N-dealkylation sites (N-methyl/N-ethyl adjacent to an activating group) is 1. The van der Waals surface area contributed by atoms with Gasteiger partial charge in [-0.25, -0.2) is 8.60 Å². The van der Waals surface area contributed by atoms with Gasteiger partial charge in [-0.3, -0.25) is 13.9 Å². The second-order valence-corrected chi connectivity index (χ2v) is 10.3. The highest BCUT2D eigenvalue weighted by atomic mass is 32.2. The minimum absolute atomic E-state index is 0.281. The highest BCUT2D eigenvalue weighted by Crippen LogP contribution is 2.31. The van der Waals surface area contributed by atoms with E-state index in [9.17, 15) is 18.2 Å². The lowest BCUT2D eigenvalue weighted by Crippen LogP contribution is -2.52. The Kier molecular flexibility index (Phi) is 8.25. The standard InChI is InChI=1S/C22H28FN3O3S2/c1-22(2,3)19(21(28)24-4)25-20(27)14-7-12-18(30-6)17(13-14)26(5)31(29)16-10-8-15(23)9-11-16/h7-13,19H,1-6H3,(H,24,28)(H,25,27). The van der Waals surface area contributed by atoms with Crippen molar-refractivity contribution in [1.82, 2.24) is 10.6 Å². The molecule has 0 saturated heterocycles. The Balaban J connectivity index is 2.36. The van der Waals surface area contributed by atoms with Gasteiger partial charge in [0.25, 0.3) is 5.91 Å². The fraction of sp³-hybridized carbons (Fsp3) is 0.364. The predicted octanol–water partition coefficient (Wildman–Crippen LogP) is 3.60. The van der Waals surface area contributed by atoms with Crippen molar-refractivity contribution in [2.45, 2.75) is 36.6 Å². The van der Waals surface area contributed by atoms with Gasteiger partial charge < -0.3 is 10.6 Å². The molecule has 31 heavy (non-hydrogen) atoms. The summed E-state index contributed by atoms with van der Waals surface area (Å²) < 4.78 is 27.7. The van der Waals surface area contributed by atoms with Crippen molar-refractivity contribution in [3.05, 3.63) is 53.8 Å². The summed E-state index contributed by atoms with van der Waals surface area (Å²) in [5.41, 5.74) is 0.447. The second kappa shape index (κ2) is 10.3. The molecule has 0 saturated carbocycles. The number of anilines is 1. The number of amides is 2. The zero-order chi connectivity index (χ0) is 23.3. The first-order chi connectivity index (χ1) is 14.5. The molecule has 0 spiro atoms. The van der Waals surface area contributed by atoms with Gasteiger partial charge in [-0.15, -0.1) is 11.8 Å². The van der Waals surface area contributed by atoms with Gasteiger partial charge in [-0.2, -0.15) is 0 Å². The van der Waals surface area contributed by atoms with Crippen molar-refractivity contribution >= 4 is 40.2 Å². The Labute approximate surface area is 189 Å². The third-order valence-corrected chi connectivity index (χ3v) is 6.85. The van der Waals surface area contributed by atoms with Gasteiger partial charge in [0.15, 0.2) is 11.0 Å². The van der Waals surface area contributed by atoms with Crippen molar-refractivity contribution in [3.63, 3.8) is 0 Å². The maximum atomic E-state index is 13.2. The average Bonchev–Trinajstić information content (AvgIpc) is 2.75. The molecule has 0 aliphatic rings. The van der Waals surface area contributed by atoms with Crippen LogP contribution in [-0.2, 0) is 15.8 Å². The molecule has 0 aliphatic heterocycles. The molecule has 0 bridgehead atoms. The van der Waals surface area contributed by atoms with Crippen LogP contribution in [0, 0.1) is 11.2 Å². The second-order valence-electron chi connectivity index (χ2n) is 7.97. The number of nitrogens with one attached hydrogen (secondary N) is 2. The van der Waals surface area contributed by atoms with Crippen molar-refractivity contribution in [3.8, 4) is 0 Å². The fourth-order valence-corrected chi connectivity index (χ4v) is 4.59. The molecule has 0 aromatic heterocycles. The van der Waals surface area contributed by atoms with Gasteiger partial charge in [-0.1, -0.05) is 20.8 Å². The Morgan fingerprint density at radius 1 is 1.13 bits per heavy atom. The average molecular weight is 466 g/mol. The van der Waals surface area contributed by atoms with E-state index in [0.717, 1.165) is 4.90 Å². The third-order valence-electron chi connectivity index (χ3n) is 4.69. The topological polar surface area (TPSA) is 78.5 Å². The van der Waals surface area contributed by atoms with E-state index in [0.29, 0.717) is 16.1 Å². The highest BCUT2D eigenvalue weighted by Gasteiger charge is 2.32. The van der Waals surface area contributed by atoms with Crippen LogP contribution in [0.5, 0.6) is 0 Å². The van der Waals surface area contributed by atoms with E-state index in [1.54, 1.807) is 25.2 Å². The zero-order valence-electron chi connectivity index (χ0n) is 18.5. The first-order valence-electron chi connectivity index (χ1n) is 9.61. The summed E-state index contributed by atoms with van der Waals surface area (Å²) in [6.45, 7) is 5.61. The molecule has 2 unspecified atom stereocenters. The summed E-state index contributed by atoms with van der Waals surface area (Å²) in [6.07, 6.45) is 1.88. The molecule has 6 nitrogen and oxygen atoms in total. The molecule has 168 valence electrons. The van der Waals surface area contributed by atoms with Crippen LogP contribution < -0.4 is 14.9 Å². The fourth-order valence-electron chi connectivity index (χ4n) is 2.91. The SMILES string of the molecule is CNC(=O)C(NC(=O)c1ccc(SC)c(N(C)S(=O)c2ccc(F)cc2)c1)C(C)(C)C. The van der Waals surface area contributed by atoms with Crippen molar-refractivity contribution in [2.24, 2.45) is 5.41 Å². The number of rotatable bonds is 7. The van der Waals surface area contributed by atoms with Crippen LogP contribution >= 0.6 is 11.8 Å². The van der Waals surface area contributed by atoms with Gasteiger partial charge in [0.1, 0.15) is 11.9 Å². The van der Waals surface area contributed by atoms with Crippen molar-refractivity contribution < 1.29 is 18.2 Å².